The Bertz CT molecular complexity index is 716. The summed E-state index contributed by atoms with van der Waals surface area (Å²) >= 11 is 6.00. The molecule has 0 saturated heterocycles. The van der Waals surface area contributed by atoms with Crippen LogP contribution in [0.5, 0.6) is 11.5 Å². The van der Waals surface area contributed by atoms with Crippen LogP contribution in [0.15, 0.2) is 42.5 Å². The quantitative estimate of drug-likeness (QED) is 0.653. The number of rotatable bonds is 9. The number of aryl methyl sites for hydroxylation is 2. The predicted octanol–water partition coefficient (Wildman–Crippen LogP) is 4.56. The number of amides is 1. The van der Waals surface area contributed by atoms with Gasteiger partial charge in [0.05, 0.1) is 6.61 Å². The van der Waals surface area contributed by atoms with Gasteiger partial charge in [0.2, 0.25) is 0 Å². The van der Waals surface area contributed by atoms with Gasteiger partial charge in [0, 0.05) is 11.6 Å². The van der Waals surface area contributed by atoms with Crippen LogP contribution in [0.25, 0.3) is 0 Å². The third-order valence-corrected chi connectivity index (χ3v) is 4.41. The van der Waals surface area contributed by atoms with Gasteiger partial charge in [0.1, 0.15) is 11.5 Å². The molecule has 1 atom stereocenters. The average molecular weight is 376 g/mol. The molecule has 0 aromatic heterocycles. The number of hydrogen-bond acceptors (Lipinski definition) is 3. The summed E-state index contributed by atoms with van der Waals surface area (Å²) in [4.78, 5) is 12.1. The van der Waals surface area contributed by atoms with Crippen molar-refractivity contribution >= 4 is 17.5 Å². The minimum Gasteiger partial charge on any atom is -0.494 e. The molecule has 2 aromatic carbocycles. The lowest BCUT2D eigenvalue weighted by atomic mass is 10.1. The van der Waals surface area contributed by atoms with Crippen LogP contribution in [-0.4, -0.2) is 25.2 Å². The van der Waals surface area contributed by atoms with Crippen molar-refractivity contribution in [1.82, 2.24) is 5.32 Å². The first-order valence-electron chi connectivity index (χ1n) is 8.92. The SMILES string of the molecule is CCOc1ccc(CCCNC(=O)[C@H](C)Oc2ccc(Cl)c(C)c2)cc1. The molecule has 0 unspecified atom stereocenters. The Hall–Kier alpha value is -2.20. The van der Waals surface area contributed by atoms with E-state index in [0.717, 1.165) is 24.2 Å². The molecule has 0 aliphatic heterocycles. The number of ether oxygens (including phenoxy) is 2. The summed E-state index contributed by atoms with van der Waals surface area (Å²) in [6.45, 7) is 6.89. The zero-order chi connectivity index (χ0) is 18.9. The maximum absolute atomic E-state index is 12.1. The maximum Gasteiger partial charge on any atom is 0.260 e. The second kappa shape index (κ2) is 10.1. The molecule has 0 fully saturated rings. The standard InChI is InChI=1S/C21H26ClNO3/c1-4-25-18-9-7-17(8-10-18)6-5-13-23-21(24)16(3)26-19-11-12-20(22)15(2)14-19/h7-12,14,16H,4-6,13H2,1-3H3,(H,23,24)/t16-/m0/s1. The van der Waals surface area contributed by atoms with Crippen LogP contribution in [0.1, 0.15) is 31.4 Å². The van der Waals surface area contributed by atoms with E-state index in [-0.39, 0.29) is 5.91 Å². The Morgan fingerprint density at radius 3 is 2.50 bits per heavy atom. The van der Waals surface area contributed by atoms with E-state index in [1.54, 1.807) is 19.1 Å². The second-order valence-electron chi connectivity index (χ2n) is 6.14. The van der Waals surface area contributed by atoms with Crippen molar-refractivity contribution in [2.75, 3.05) is 13.2 Å². The highest BCUT2D eigenvalue weighted by Crippen LogP contribution is 2.21. The molecule has 5 heteroatoms. The van der Waals surface area contributed by atoms with Crippen molar-refractivity contribution < 1.29 is 14.3 Å². The molecular formula is C21H26ClNO3. The number of carbonyl (C=O) groups excluding carboxylic acids is 1. The van der Waals surface area contributed by atoms with Gasteiger partial charge in [0.25, 0.3) is 5.91 Å². The molecule has 140 valence electrons. The number of benzene rings is 2. The topological polar surface area (TPSA) is 47.6 Å². The van der Waals surface area contributed by atoms with E-state index in [1.807, 2.05) is 32.0 Å². The molecule has 0 radical (unpaired) electrons. The summed E-state index contributed by atoms with van der Waals surface area (Å²) in [5.41, 5.74) is 2.15. The van der Waals surface area contributed by atoms with E-state index in [0.29, 0.717) is 23.9 Å². The lowest BCUT2D eigenvalue weighted by Gasteiger charge is -2.15. The number of halogens is 1. The third kappa shape index (κ3) is 6.26. The summed E-state index contributed by atoms with van der Waals surface area (Å²) in [7, 11) is 0. The number of nitrogens with one attached hydrogen (secondary N) is 1. The Morgan fingerprint density at radius 2 is 1.85 bits per heavy atom. The van der Waals surface area contributed by atoms with Crippen LogP contribution in [0, 0.1) is 6.92 Å². The van der Waals surface area contributed by atoms with Crippen LogP contribution in [0.4, 0.5) is 0 Å². The van der Waals surface area contributed by atoms with Gasteiger partial charge < -0.3 is 14.8 Å². The largest absolute Gasteiger partial charge is 0.494 e. The van der Waals surface area contributed by atoms with Crippen molar-refractivity contribution in [2.24, 2.45) is 0 Å². The van der Waals surface area contributed by atoms with Gasteiger partial charge in [-0.2, -0.15) is 0 Å². The van der Waals surface area contributed by atoms with Crippen molar-refractivity contribution in [1.29, 1.82) is 0 Å². The van der Waals surface area contributed by atoms with Crippen molar-refractivity contribution in [3.63, 3.8) is 0 Å². The molecule has 26 heavy (non-hydrogen) atoms. The highest BCUT2D eigenvalue weighted by atomic mass is 35.5. The van der Waals surface area contributed by atoms with Crippen LogP contribution < -0.4 is 14.8 Å². The molecule has 1 amide bonds. The first-order valence-corrected chi connectivity index (χ1v) is 9.29. The number of carbonyl (C=O) groups is 1. The summed E-state index contributed by atoms with van der Waals surface area (Å²) in [6.07, 6.45) is 1.21. The lowest BCUT2D eigenvalue weighted by molar-refractivity contribution is -0.127. The van der Waals surface area contributed by atoms with Crippen molar-refractivity contribution in [2.45, 2.75) is 39.7 Å². The highest BCUT2D eigenvalue weighted by molar-refractivity contribution is 6.31. The molecule has 0 aliphatic carbocycles. The second-order valence-corrected chi connectivity index (χ2v) is 6.55. The first kappa shape index (κ1) is 20.1. The number of hydrogen-bond donors (Lipinski definition) is 1. The molecule has 0 heterocycles. The maximum atomic E-state index is 12.1. The molecule has 0 saturated carbocycles. The summed E-state index contributed by atoms with van der Waals surface area (Å²) in [6, 6.07) is 13.4. The molecule has 1 N–H and O–H groups in total. The minimum atomic E-state index is -0.555. The molecule has 0 spiro atoms. The highest BCUT2D eigenvalue weighted by Gasteiger charge is 2.14. The Morgan fingerprint density at radius 1 is 1.15 bits per heavy atom. The first-order chi connectivity index (χ1) is 12.5. The van der Waals surface area contributed by atoms with E-state index in [9.17, 15) is 4.79 Å². The molecule has 2 aromatic rings. The fourth-order valence-electron chi connectivity index (χ4n) is 2.51. The molecule has 0 bridgehead atoms. The zero-order valence-corrected chi connectivity index (χ0v) is 16.3. The zero-order valence-electron chi connectivity index (χ0n) is 15.5. The van der Waals surface area contributed by atoms with Gasteiger partial charge in [-0.1, -0.05) is 23.7 Å². The van der Waals surface area contributed by atoms with Crippen molar-refractivity contribution in [3.05, 3.63) is 58.6 Å². The molecule has 0 aliphatic rings. The van der Waals surface area contributed by atoms with E-state index < -0.39 is 6.10 Å². The van der Waals surface area contributed by atoms with Gasteiger partial charge >= 0.3 is 0 Å². The minimum absolute atomic E-state index is 0.121. The lowest BCUT2D eigenvalue weighted by Crippen LogP contribution is -2.36. The van der Waals surface area contributed by atoms with Gasteiger partial charge in [-0.15, -0.1) is 0 Å². The van der Waals surface area contributed by atoms with Crippen LogP contribution in [0.3, 0.4) is 0 Å². The van der Waals surface area contributed by atoms with Gasteiger partial charge in [0.15, 0.2) is 6.10 Å². The summed E-state index contributed by atoms with van der Waals surface area (Å²) in [5.74, 6) is 1.40. The molecule has 4 nitrogen and oxygen atoms in total. The predicted molar refractivity (Wildman–Crippen MR) is 105 cm³/mol. The van der Waals surface area contributed by atoms with Gasteiger partial charge in [-0.05, 0) is 75.1 Å². The van der Waals surface area contributed by atoms with E-state index in [4.69, 9.17) is 21.1 Å². The molecule has 2 rings (SSSR count). The Kier molecular flexibility index (Phi) is 7.79. The van der Waals surface area contributed by atoms with Crippen molar-refractivity contribution in [3.8, 4) is 11.5 Å². The fraction of sp³-hybridized carbons (Fsp3) is 0.381. The fourth-order valence-corrected chi connectivity index (χ4v) is 2.63. The molecular weight excluding hydrogens is 350 g/mol. The smallest absolute Gasteiger partial charge is 0.260 e. The van der Waals surface area contributed by atoms with Crippen LogP contribution >= 0.6 is 11.6 Å². The van der Waals surface area contributed by atoms with Gasteiger partial charge in [-0.3, -0.25) is 4.79 Å². The Labute approximate surface area is 160 Å². The third-order valence-electron chi connectivity index (χ3n) is 3.99. The van der Waals surface area contributed by atoms with Gasteiger partial charge in [-0.25, -0.2) is 0 Å². The van der Waals surface area contributed by atoms with E-state index in [2.05, 4.69) is 17.4 Å². The average Bonchev–Trinajstić information content (AvgIpc) is 2.63. The van der Waals surface area contributed by atoms with Crippen LogP contribution in [0.2, 0.25) is 5.02 Å². The normalized spacial score (nSPS) is 11.7. The summed E-state index contributed by atoms with van der Waals surface area (Å²) < 4.78 is 11.1. The monoisotopic (exact) mass is 375 g/mol. The van der Waals surface area contributed by atoms with E-state index >= 15 is 0 Å². The summed E-state index contributed by atoms with van der Waals surface area (Å²) in [5, 5.41) is 3.60. The Balaban J connectivity index is 1.71. The van der Waals surface area contributed by atoms with Crippen LogP contribution in [-0.2, 0) is 11.2 Å². The van der Waals surface area contributed by atoms with E-state index in [1.165, 1.54) is 5.56 Å².